The smallest absolute Gasteiger partial charge is 0.118 e. The summed E-state index contributed by atoms with van der Waals surface area (Å²) in [6, 6.07) is 7.99. The van der Waals surface area contributed by atoms with Crippen LogP contribution >= 0.6 is 0 Å². The summed E-state index contributed by atoms with van der Waals surface area (Å²) in [7, 11) is 1.66. The van der Waals surface area contributed by atoms with Gasteiger partial charge < -0.3 is 9.84 Å². The molecule has 2 heteroatoms. The Balaban J connectivity index is 2.23. The molecule has 0 radical (unpaired) electrons. The molecule has 70 valence electrons. The summed E-state index contributed by atoms with van der Waals surface area (Å²) in [4.78, 5) is 0. The van der Waals surface area contributed by atoms with Crippen LogP contribution in [0.1, 0.15) is 18.4 Å². The zero-order valence-electron chi connectivity index (χ0n) is 7.79. The highest BCUT2D eigenvalue weighted by atomic mass is 16.5. The van der Waals surface area contributed by atoms with Gasteiger partial charge in [-0.2, -0.15) is 0 Å². The third-order valence-corrected chi connectivity index (χ3v) is 2.86. The van der Waals surface area contributed by atoms with Crippen LogP contribution in [0.4, 0.5) is 0 Å². The van der Waals surface area contributed by atoms with Gasteiger partial charge in [0.1, 0.15) is 5.75 Å². The van der Waals surface area contributed by atoms with Crippen molar-refractivity contribution >= 4 is 0 Å². The van der Waals surface area contributed by atoms with Crippen LogP contribution in [0.3, 0.4) is 0 Å². The second-order valence-electron chi connectivity index (χ2n) is 3.67. The Morgan fingerprint density at radius 2 is 1.92 bits per heavy atom. The van der Waals surface area contributed by atoms with E-state index in [1.165, 1.54) is 5.56 Å². The number of aliphatic hydroxyl groups is 1. The molecule has 2 nitrogen and oxygen atoms in total. The lowest BCUT2D eigenvalue weighted by atomic mass is 9.97. The maximum Gasteiger partial charge on any atom is 0.118 e. The Kier molecular flexibility index (Phi) is 2.00. The molecule has 0 atom stereocenters. The summed E-state index contributed by atoms with van der Waals surface area (Å²) in [5.41, 5.74) is 1.31. The fourth-order valence-corrected chi connectivity index (χ4v) is 1.63. The summed E-state index contributed by atoms with van der Waals surface area (Å²) in [5, 5.41) is 9.21. The first kappa shape index (κ1) is 8.57. The fourth-order valence-electron chi connectivity index (χ4n) is 1.63. The third-order valence-electron chi connectivity index (χ3n) is 2.86. The summed E-state index contributed by atoms with van der Waals surface area (Å²) < 4.78 is 5.07. The first-order valence-corrected chi connectivity index (χ1v) is 4.56. The van der Waals surface area contributed by atoms with Crippen LogP contribution in [-0.4, -0.2) is 18.8 Å². The highest BCUT2D eigenvalue weighted by Crippen LogP contribution is 2.47. The van der Waals surface area contributed by atoms with Crippen molar-refractivity contribution in [2.75, 3.05) is 13.7 Å². The van der Waals surface area contributed by atoms with Crippen molar-refractivity contribution in [2.24, 2.45) is 0 Å². The number of aliphatic hydroxyl groups excluding tert-OH is 1. The molecule has 0 amide bonds. The number of rotatable bonds is 3. The average Bonchev–Trinajstić information content (AvgIpc) is 2.99. The van der Waals surface area contributed by atoms with Crippen LogP contribution in [0.5, 0.6) is 5.75 Å². The van der Waals surface area contributed by atoms with Crippen molar-refractivity contribution in [2.45, 2.75) is 18.3 Å². The van der Waals surface area contributed by atoms with Gasteiger partial charge in [0.2, 0.25) is 0 Å². The van der Waals surface area contributed by atoms with E-state index in [1.54, 1.807) is 7.11 Å². The first-order chi connectivity index (χ1) is 6.30. The Morgan fingerprint density at radius 3 is 2.31 bits per heavy atom. The van der Waals surface area contributed by atoms with Crippen molar-refractivity contribution in [3.05, 3.63) is 29.8 Å². The van der Waals surface area contributed by atoms with Crippen molar-refractivity contribution < 1.29 is 9.84 Å². The maximum absolute atomic E-state index is 9.21. The maximum atomic E-state index is 9.21. The van der Waals surface area contributed by atoms with Gasteiger partial charge in [0.05, 0.1) is 13.7 Å². The number of methoxy groups -OCH3 is 1. The van der Waals surface area contributed by atoms with Crippen LogP contribution in [0.25, 0.3) is 0 Å². The zero-order valence-corrected chi connectivity index (χ0v) is 7.79. The van der Waals surface area contributed by atoms with Gasteiger partial charge in [-0.25, -0.2) is 0 Å². The van der Waals surface area contributed by atoms with Gasteiger partial charge in [0.25, 0.3) is 0 Å². The highest BCUT2D eigenvalue weighted by Gasteiger charge is 2.43. The molecule has 1 aliphatic rings. The standard InChI is InChI=1S/C11H14O2/c1-13-10-4-2-9(3-5-10)11(8-12)6-7-11/h2-5,12H,6-8H2,1H3. The van der Waals surface area contributed by atoms with Gasteiger partial charge in [0.15, 0.2) is 0 Å². The number of hydrogen-bond donors (Lipinski definition) is 1. The van der Waals surface area contributed by atoms with Crippen LogP contribution in [0.15, 0.2) is 24.3 Å². The van der Waals surface area contributed by atoms with Gasteiger partial charge in [-0.1, -0.05) is 12.1 Å². The SMILES string of the molecule is COc1ccc(C2(CO)CC2)cc1. The van der Waals surface area contributed by atoms with E-state index in [0.717, 1.165) is 18.6 Å². The minimum atomic E-state index is 0.0757. The molecule has 0 unspecified atom stereocenters. The van der Waals surface area contributed by atoms with E-state index in [1.807, 2.05) is 24.3 Å². The zero-order chi connectivity index (χ0) is 9.31. The number of benzene rings is 1. The topological polar surface area (TPSA) is 29.5 Å². The third kappa shape index (κ3) is 1.42. The predicted molar refractivity (Wildman–Crippen MR) is 51.0 cm³/mol. The summed E-state index contributed by atoms with van der Waals surface area (Å²) in [6.45, 7) is 0.263. The molecule has 0 spiro atoms. The Bertz CT molecular complexity index is 285. The van der Waals surface area contributed by atoms with Crippen LogP contribution in [-0.2, 0) is 5.41 Å². The molecule has 0 aliphatic heterocycles. The molecule has 1 aromatic carbocycles. The molecule has 2 rings (SSSR count). The summed E-state index contributed by atoms with van der Waals surface area (Å²) in [6.07, 6.45) is 2.21. The van der Waals surface area contributed by atoms with Crippen LogP contribution < -0.4 is 4.74 Å². The second kappa shape index (κ2) is 3.04. The lowest BCUT2D eigenvalue weighted by Crippen LogP contribution is -2.11. The Hall–Kier alpha value is -1.02. The van der Waals surface area contributed by atoms with Gasteiger partial charge in [-0.15, -0.1) is 0 Å². The molecule has 1 aliphatic carbocycles. The van der Waals surface area contributed by atoms with Gasteiger partial charge in [-0.05, 0) is 30.5 Å². The van der Waals surface area contributed by atoms with Crippen molar-refractivity contribution in [3.63, 3.8) is 0 Å². The minimum Gasteiger partial charge on any atom is -0.497 e. The van der Waals surface area contributed by atoms with Gasteiger partial charge >= 0.3 is 0 Å². The van der Waals surface area contributed by atoms with E-state index in [0.29, 0.717) is 0 Å². The highest BCUT2D eigenvalue weighted by molar-refractivity contribution is 5.36. The average molecular weight is 178 g/mol. The van der Waals surface area contributed by atoms with E-state index < -0.39 is 0 Å². The molecule has 1 fully saturated rings. The molecule has 0 saturated heterocycles. The molecule has 1 N–H and O–H groups in total. The molecule has 0 heterocycles. The van der Waals surface area contributed by atoms with Gasteiger partial charge in [-0.3, -0.25) is 0 Å². The second-order valence-corrected chi connectivity index (χ2v) is 3.67. The van der Waals surface area contributed by atoms with Crippen molar-refractivity contribution in [1.82, 2.24) is 0 Å². The number of hydrogen-bond acceptors (Lipinski definition) is 2. The molecule has 1 saturated carbocycles. The molecule has 0 bridgehead atoms. The molecule has 13 heavy (non-hydrogen) atoms. The molecule has 1 aromatic rings. The van der Waals surface area contributed by atoms with E-state index in [9.17, 15) is 5.11 Å². The molecular weight excluding hydrogens is 164 g/mol. The lowest BCUT2D eigenvalue weighted by molar-refractivity contribution is 0.255. The van der Waals surface area contributed by atoms with E-state index >= 15 is 0 Å². The van der Waals surface area contributed by atoms with Crippen LogP contribution in [0.2, 0.25) is 0 Å². The molecule has 0 aromatic heterocycles. The van der Waals surface area contributed by atoms with Crippen molar-refractivity contribution in [1.29, 1.82) is 0 Å². The van der Waals surface area contributed by atoms with Gasteiger partial charge in [0, 0.05) is 5.41 Å². The van der Waals surface area contributed by atoms with Crippen molar-refractivity contribution in [3.8, 4) is 5.75 Å². The summed E-state index contributed by atoms with van der Waals surface area (Å²) >= 11 is 0. The summed E-state index contributed by atoms with van der Waals surface area (Å²) in [5.74, 6) is 0.873. The predicted octanol–water partition coefficient (Wildman–Crippen LogP) is 1.72. The Morgan fingerprint density at radius 1 is 1.31 bits per heavy atom. The number of ether oxygens (including phenoxy) is 1. The Labute approximate surface area is 78.2 Å². The largest absolute Gasteiger partial charge is 0.497 e. The molecular formula is C11H14O2. The lowest BCUT2D eigenvalue weighted by Gasteiger charge is -2.11. The first-order valence-electron chi connectivity index (χ1n) is 4.56. The normalized spacial score (nSPS) is 18.3. The minimum absolute atomic E-state index is 0.0757. The fraction of sp³-hybridized carbons (Fsp3) is 0.455. The van der Waals surface area contributed by atoms with E-state index in [4.69, 9.17) is 4.74 Å². The van der Waals surface area contributed by atoms with E-state index in [-0.39, 0.29) is 12.0 Å². The van der Waals surface area contributed by atoms with Crippen LogP contribution in [0, 0.1) is 0 Å². The quantitative estimate of drug-likeness (QED) is 0.763. The van der Waals surface area contributed by atoms with E-state index in [2.05, 4.69) is 0 Å². The monoisotopic (exact) mass is 178 g/mol.